The molecule has 19 heavy (non-hydrogen) atoms. The Bertz CT molecular complexity index is 576. The first-order valence-electron chi connectivity index (χ1n) is 6.25. The number of benzene rings is 1. The number of anilines is 1. The average molecular weight is 280 g/mol. The molecular formula is C13H18ClN5. The van der Waals surface area contributed by atoms with Crippen molar-refractivity contribution < 1.29 is 0 Å². The van der Waals surface area contributed by atoms with Crippen molar-refractivity contribution >= 4 is 17.3 Å². The Labute approximate surface area is 117 Å². The second kappa shape index (κ2) is 5.17. The fourth-order valence-corrected chi connectivity index (χ4v) is 1.95. The van der Waals surface area contributed by atoms with Crippen LogP contribution in [0.2, 0.25) is 5.02 Å². The van der Waals surface area contributed by atoms with Gasteiger partial charge >= 0.3 is 0 Å². The first kappa shape index (κ1) is 13.8. The molecule has 0 saturated carbocycles. The third kappa shape index (κ3) is 2.87. The van der Waals surface area contributed by atoms with Crippen molar-refractivity contribution in [2.45, 2.75) is 33.7 Å². The zero-order valence-electron chi connectivity index (χ0n) is 11.4. The first-order chi connectivity index (χ1) is 8.94. The number of tetrazole rings is 1. The number of halogens is 1. The summed E-state index contributed by atoms with van der Waals surface area (Å²) in [6.07, 6.45) is 1.04. The van der Waals surface area contributed by atoms with Gasteiger partial charge in [-0.25, -0.2) is 4.68 Å². The number of nitrogen functional groups attached to an aromatic ring is 1. The molecular weight excluding hydrogens is 262 g/mol. The topological polar surface area (TPSA) is 69.6 Å². The summed E-state index contributed by atoms with van der Waals surface area (Å²) < 4.78 is 1.78. The van der Waals surface area contributed by atoms with Crippen LogP contribution in [0, 0.1) is 5.41 Å². The molecule has 0 aliphatic rings. The van der Waals surface area contributed by atoms with Gasteiger partial charge < -0.3 is 5.73 Å². The lowest BCUT2D eigenvalue weighted by Crippen LogP contribution is -2.20. The van der Waals surface area contributed by atoms with Crippen LogP contribution in [0.3, 0.4) is 0 Å². The van der Waals surface area contributed by atoms with E-state index < -0.39 is 0 Å². The Balaban J connectivity index is 2.42. The zero-order chi connectivity index (χ0) is 14.0. The molecule has 0 bridgehead atoms. The van der Waals surface area contributed by atoms with Gasteiger partial charge in [0.1, 0.15) is 0 Å². The maximum atomic E-state index is 6.23. The van der Waals surface area contributed by atoms with E-state index >= 15 is 0 Å². The van der Waals surface area contributed by atoms with E-state index in [0.717, 1.165) is 18.5 Å². The Kier molecular flexibility index (Phi) is 3.75. The lowest BCUT2D eigenvalue weighted by Gasteiger charge is -2.22. The quantitative estimate of drug-likeness (QED) is 0.874. The minimum atomic E-state index is 0.122. The van der Waals surface area contributed by atoms with E-state index in [9.17, 15) is 0 Å². The summed E-state index contributed by atoms with van der Waals surface area (Å²) in [5.74, 6) is 0.652. The second-order valence-electron chi connectivity index (χ2n) is 5.39. The van der Waals surface area contributed by atoms with Crippen molar-refractivity contribution in [1.82, 2.24) is 20.2 Å². The molecule has 0 aliphatic heterocycles. The van der Waals surface area contributed by atoms with Crippen molar-refractivity contribution in [2.24, 2.45) is 5.41 Å². The molecule has 0 radical (unpaired) electrons. The molecule has 2 rings (SSSR count). The predicted molar refractivity (Wildman–Crippen MR) is 76.7 cm³/mol. The lowest BCUT2D eigenvalue weighted by atomic mass is 9.90. The fourth-order valence-electron chi connectivity index (χ4n) is 1.74. The van der Waals surface area contributed by atoms with Gasteiger partial charge in [-0.2, -0.15) is 0 Å². The molecule has 0 unspecified atom stereocenters. The SMILES string of the molecule is CCC(C)(C)Cn1nnnc1-c1cccc(N)c1Cl. The van der Waals surface area contributed by atoms with Crippen LogP contribution in [-0.2, 0) is 6.54 Å². The molecule has 0 fully saturated rings. The van der Waals surface area contributed by atoms with Crippen molar-refractivity contribution in [3.8, 4) is 11.4 Å². The van der Waals surface area contributed by atoms with E-state index in [4.69, 9.17) is 17.3 Å². The molecule has 0 aliphatic carbocycles. The molecule has 0 atom stereocenters. The smallest absolute Gasteiger partial charge is 0.183 e. The number of aromatic nitrogens is 4. The zero-order valence-corrected chi connectivity index (χ0v) is 12.1. The van der Waals surface area contributed by atoms with Crippen LogP contribution in [0.15, 0.2) is 18.2 Å². The Morgan fingerprint density at radius 1 is 1.37 bits per heavy atom. The van der Waals surface area contributed by atoms with Gasteiger partial charge in [-0.1, -0.05) is 38.4 Å². The van der Waals surface area contributed by atoms with Crippen LogP contribution in [0.5, 0.6) is 0 Å². The maximum absolute atomic E-state index is 6.23. The highest BCUT2D eigenvalue weighted by molar-refractivity contribution is 6.35. The van der Waals surface area contributed by atoms with E-state index in [1.807, 2.05) is 12.1 Å². The van der Waals surface area contributed by atoms with Crippen LogP contribution in [0.1, 0.15) is 27.2 Å². The second-order valence-corrected chi connectivity index (χ2v) is 5.76. The van der Waals surface area contributed by atoms with Crippen LogP contribution < -0.4 is 5.73 Å². The summed E-state index contributed by atoms with van der Waals surface area (Å²) in [6, 6.07) is 5.48. The lowest BCUT2D eigenvalue weighted by molar-refractivity contribution is 0.279. The van der Waals surface area contributed by atoms with Gasteiger partial charge in [0, 0.05) is 5.56 Å². The van der Waals surface area contributed by atoms with E-state index in [1.165, 1.54) is 0 Å². The molecule has 1 aromatic heterocycles. The number of nitrogens with zero attached hydrogens (tertiary/aromatic N) is 4. The van der Waals surface area contributed by atoms with Crippen molar-refractivity contribution in [3.05, 3.63) is 23.2 Å². The van der Waals surface area contributed by atoms with Crippen molar-refractivity contribution in [2.75, 3.05) is 5.73 Å². The monoisotopic (exact) mass is 279 g/mol. The van der Waals surface area contributed by atoms with Gasteiger partial charge in [-0.15, -0.1) is 5.10 Å². The van der Waals surface area contributed by atoms with Crippen LogP contribution in [0.4, 0.5) is 5.69 Å². The van der Waals surface area contributed by atoms with Crippen LogP contribution in [0.25, 0.3) is 11.4 Å². The molecule has 5 nitrogen and oxygen atoms in total. The average Bonchev–Trinajstić information content (AvgIpc) is 2.80. The van der Waals surface area contributed by atoms with Gasteiger partial charge in [0.15, 0.2) is 5.82 Å². The highest BCUT2D eigenvalue weighted by Gasteiger charge is 2.21. The molecule has 0 saturated heterocycles. The summed E-state index contributed by atoms with van der Waals surface area (Å²) in [5.41, 5.74) is 7.24. The highest BCUT2D eigenvalue weighted by Crippen LogP contribution is 2.32. The fraction of sp³-hybridized carbons (Fsp3) is 0.462. The van der Waals surface area contributed by atoms with Gasteiger partial charge in [0.05, 0.1) is 17.3 Å². The molecule has 2 aromatic rings. The number of nitrogens with two attached hydrogens (primary N) is 1. The summed E-state index contributed by atoms with van der Waals surface area (Å²) in [7, 11) is 0. The summed E-state index contributed by atoms with van der Waals surface area (Å²) in [6.45, 7) is 7.24. The van der Waals surface area contributed by atoms with E-state index in [0.29, 0.717) is 16.5 Å². The maximum Gasteiger partial charge on any atom is 0.183 e. The van der Waals surface area contributed by atoms with Crippen LogP contribution in [-0.4, -0.2) is 20.2 Å². The molecule has 1 heterocycles. The Hall–Kier alpha value is -1.62. The number of rotatable bonds is 4. The minimum Gasteiger partial charge on any atom is -0.398 e. The summed E-state index contributed by atoms with van der Waals surface area (Å²) >= 11 is 6.23. The Morgan fingerprint density at radius 3 is 2.79 bits per heavy atom. The molecule has 0 amide bonds. The minimum absolute atomic E-state index is 0.122. The number of hydrogen-bond donors (Lipinski definition) is 1. The number of hydrogen-bond acceptors (Lipinski definition) is 4. The third-order valence-electron chi connectivity index (χ3n) is 3.34. The predicted octanol–water partition coefficient (Wildman–Crippen LogP) is 3.01. The van der Waals surface area contributed by atoms with Gasteiger partial charge in [0.25, 0.3) is 0 Å². The largest absolute Gasteiger partial charge is 0.398 e. The van der Waals surface area contributed by atoms with Gasteiger partial charge in [-0.3, -0.25) is 0 Å². The highest BCUT2D eigenvalue weighted by atomic mass is 35.5. The summed E-state index contributed by atoms with van der Waals surface area (Å²) in [4.78, 5) is 0. The summed E-state index contributed by atoms with van der Waals surface area (Å²) in [5, 5.41) is 12.4. The van der Waals surface area contributed by atoms with E-state index in [2.05, 4.69) is 36.3 Å². The van der Waals surface area contributed by atoms with E-state index in [1.54, 1.807) is 10.7 Å². The third-order valence-corrected chi connectivity index (χ3v) is 3.76. The molecule has 6 heteroatoms. The standard InChI is InChI=1S/C13H18ClN5/c1-4-13(2,3)8-19-12(16-17-18-19)9-6-5-7-10(15)11(9)14/h5-7H,4,8,15H2,1-3H3. The van der Waals surface area contributed by atoms with Crippen molar-refractivity contribution in [3.63, 3.8) is 0 Å². The van der Waals surface area contributed by atoms with Crippen molar-refractivity contribution in [1.29, 1.82) is 0 Å². The first-order valence-corrected chi connectivity index (χ1v) is 6.63. The van der Waals surface area contributed by atoms with Gasteiger partial charge in [-0.05, 0) is 34.4 Å². The molecule has 0 spiro atoms. The van der Waals surface area contributed by atoms with Crippen LogP contribution >= 0.6 is 11.6 Å². The normalized spacial score (nSPS) is 11.8. The van der Waals surface area contributed by atoms with E-state index in [-0.39, 0.29) is 5.41 Å². The van der Waals surface area contributed by atoms with Gasteiger partial charge in [0.2, 0.25) is 0 Å². The molecule has 102 valence electrons. The molecule has 1 aromatic carbocycles. The Morgan fingerprint density at radius 2 is 2.11 bits per heavy atom. The molecule has 2 N–H and O–H groups in total.